The van der Waals surface area contributed by atoms with E-state index in [2.05, 4.69) is 42.1 Å². The third-order valence-corrected chi connectivity index (χ3v) is 6.72. The fourth-order valence-corrected chi connectivity index (χ4v) is 5.93. The summed E-state index contributed by atoms with van der Waals surface area (Å²) in [5.74, 6) is 0.138. The van der Waals surface area contributed by atoms with Crippen molar-refractivity contribution in [2.45, 2.75) is 51.1 Å². The van der Waals surface area contributed by atoms with Gasteiger partial charge in [0, 0.05) is 15.0 Å². The van der Waals surface area contributed by atoms with E-state index in [1.165, 1.54) is 13.5 Å². The highest BCUT2D eigenvalue weighted by Crippen LogP contribution is 2.40. The Morgan fingerprint density at radius 2 is 1.88 bits per heavy atom. The maximum absolute atomic E-state index is 12.7. The van der Waals surface area contributed by atoms with Crippen LogP contribution < -0.4 is 5.32 Å². The number of methoxy groups -OCH3 is 1. The first kappa shape index (κ1) is 19.8. The van der Waals surface area contributed by atoms with Crippen molar-refractivity contribution < 1.29 is 14.3 Å². The third kappa shape index (κ3) is 4.15. The SMILES string of the molecule is COC(=O)C1CC2CCCCC2N1CC(=O)Nc1c(Br)cc(C)cc1Br. The van der Waals surface area contributed by atoms with Gasteiger partial charge in [-0.15, -0.1) is 0 Å². The van der Waals surface area contributed by atoms with Gasteiger partial charge in [0.15, 0.2) is 0 Å². The smallest absolute Gasteiger partial charge is 0.323 e. The van der Waals surface area contributed by atoms with Crippen molar-refractivity contribution in [3.63, 3.8) is 0 Å². The van der Waals surface area contributed by atoms with Crippen LogP contribution in [0.2, 0.25) is 0 Å². The quantitative estimate of drug-likeness (QED) is 0.644. The van der Waals surface area contributed by atoms with Crippen molar-refractivity contribution in [1.82, 2.24) is 4.90 Å². The first-order valence-electron chi connectivity index (χ1n) is 8.99. The molecule has 3 rings (SSSR count). The maximum atomic E-state index is 12.7. The topological polar surface area (TPSA) is 58.6 Å². The van der Waals surface area contributed by atoms with Crippen LogP contribution in [0.25, 0.3) is 0 Å². The second-order valence-electron chi connectivity index (χ2n) is 7.21. The summed E-state index contributed by atoms with van der Waals surface area (Å²) in [5, 5.41) is 2.98. The number of hydrogen-bond acceptors (Lipinski definition) is 4. The highest BCUT2D eigenvalue weighted by atomic mass is 79.9. The lowest BCUT2D eigenvalue weighted by molar-refractivity contribution is -0.146. The Kier molecular flexibility index (Phi) is 6.41. The number of ether oxygens (including phenoxy) is 1. The maximum Gasteiger partial charge on any atom is 0.323 e. The molecule has 2 aliphatic rings. The zero-order valence-corrected chi connectivity index (χ0v) is 18.2. The zero-order chi connectivity index (χ0) is 18.8. The average molecular weight is 488 g/mol. The number of fused-ring (bicyclic) bond motifs is 1. The lowest BCUT2D eigenvalue weighted by atomic mass is 9.85. The highest BCUT2D eigenvalue weighted by molar-refractivity contribution is 9.11. The van der Waals surface area contributed by atoms with Crippen LogP contribution in [0.1, 0.15) is 37.7 Å². The number of halogens is 2. The first-order valence-corrected chi connectivity index (χ1v) is 10.6. The molecule has 0 aromatic heterocycles. The second-order valence-corrected chi connectivity index (χ2v) is 8.92. The van der Waals surface area contributed by atoms with E-state index in [0.717, 1.165) is 45.9 Å². The van der Waals surface area contributed by atoms with Crippen LogP contribution in [0.15, 0.2) is 21.1 Å². The number of anilines is 1. The molecule has 1 amide bonds. The molecule has 1 aliphatic heterocycles. The normalized spacial score (nSPS) is 25.6. The number of benzene rings is 1. The molecule has 1 aromatic rings. The minimum absolute atomic E-state index is 0.115. The predicted molar refractivity (Wildman–Crippen MR) is 108 cm³/mol. The summed E-state index contributed by atoms with van der Waals surface area (Å²) >= 11 is 7.02. The van der Waals surface area contributed by atoms with Crippen LogP contribution in [-0.2, 0) is 14.3 Å². The monoisotopic (exact) mass is 486 g/mol. The van der Waals surface area contributed by atoms with Gasteiger partial charge in [0.05, 0.1) is 19.3 Å². The molecule has 7 heteroatoms. The summed E-state index contributed by atoms with van der Waals surface area (Å²) in [4.78, 5) is 27.0. The minimum atomic E-state index is -0.316. The molecular formula is C19H24Br2N2O3. The molecule has 1 saturated carbocycles. The summed E-state index contributed by atoms with van der Waals surface area (Å²) in [5.41, 5.74) is 1.81. The Morgan fingerprint density at radius 3 is 2.54 bits per heavy atom. The molecule has 142 valence electrons. The molecule has 3 atom stereocenters. The van der Waals surface area contributed by atoms with Crippen molar-refractivity contribution in [2.75, 3.05) is 19.0 Å². The van der Waals surface area contributed by atoms with Crippen LogP contribution in [0.5, 0.6) is 0 Å². The van der Waals surface area contributed by atoms with Gasteiger partial charge in [-0.25, -0.2) is 0 Å². The third-order valence-electron chi connectivity index (χ3n) is 5.47. The van der Waals surface area contributed by atoms with Crippen molar-refractivity contribution >= 4 is 49.4 Å². The number of rotatable bonds is 4. The predicted octanol–water partition coefficient (Wildman–Crippen LogP) is 4.26. The Hall–Kier alpha value is -0.920. The number of hydrogen-bond donors (Lipinski definition) is 1. The standard InChI is InChI=1S/C19H24Br2N2O3/c1-11-7-13(20)18(14(21)8-11)22-17(24)10-23-15-6-4-3-5-12(15)9-16(23)19(25)26-2/h7-8,12,15-16H,3-6,9-10H2,1-2H3,(H,22,24). The Morgan fingerprint density at radius 1 is 1.23 bits per heavy atom. The summed E-state index contributed by atoms with van der Waals surface area (Å²) in [6.45, 7) is 2.20. The Labute approximate surface area is 171 Å². The Bertz CT molecular complexity index is 687. The van der Waals surface area contributed by atoms with Gasteiger partial charge in [-0.05, 0) is 81.7 Å². The van der Waals surface area contributed by atoms with Gasteiger partial charge in [0.1, 0.15) is 6.04 Å². The van der Waals surface area contributed by atoms with Crippen molar-refractivity contribution in [1.29, 1.82) is 0 Å². The number of nitrogens with one attached hydrogen (secondary N) is 1. The van der Waals surface area contributed by atoms with Crippen molar-refractivity contribution in [3.05, 3.63) is 26.6 Å². The van der Waals surface area contributed by atoms with E-state index in [1.807, 2.05) is 19.1 Å². The number of aryl methyl sites for hydroxylation is 1. The number of carbonyl (C=O) groups excluding carboxylic acids is 2. The van der Waals surface area contributed by atoms with Gasteiger partial charge < -0.3 is 10.1 Å². The van der Waals surface area contributed by atoms with Gasteiger partial charge >= 0.3 is 5.97 Å². The van der Waals surface area contributed by atoms with Crippen molar-refractivity contribution in [3.8, 4) is 0 Å². The first-order chi connectivity index (χ1) is 12.4. The molecule has 1 saturated heterocycles. The number of likely N-dealkylation sites (tertiary alicyclic amines) is 1. The van der Waals surface area contributed by atoms with Crippen LogP contribution in [-0.4, -0.2) is 42.5 Å². The molecule has 1 aliphatic carbocycles. The molecule has 1 heterocycles. The molecule has 3 unspecified atom stereocenters. The lowest BCUT2D eigenvalue weighted by Gasteiger charge is -2.32. The Balaban J connectivity index is 1.75. The second kappa shape index (κ2) is 8.40. The number of esters is 1. The van der Waals surface area contributed by atoms with E-state index in [-0.39, 0.29) is 24.5 Å². The molecule has 26 heavy (non-hydrogen) atoms. The summed E-state index contributed by atoms with van der Waals surface area (Å²) in [6, 6.07) is 3.90. The van der Waals surface area contributed by atoms with Crippen molar-refractivity contribution in [2.24, 2.45) is 5.92 Å². The van der Waals surface area contributed by atoms with Gasteiger partial charge in [-0.3, -0.25) is 14.5 Å². The van der Waals surface area contributed by atoms with E-state index < -0.39 is 0 Å². The number of amides is 1. The van der Waals surface area contributed by atoms with E-state index >= 15 is 0 Å². The van der Waals surface area contributed by atoms with Crippen LogP contribution >= 0.6 is 31.9 Å². The van der Waals surface area contributed by atoms with Gasteiger partial charge in [0.2, 0.25) is 5.91 Å². The molecule has 5 nitrogen and oxygen atoms in total. The molecule has 0 bridgehead atoms. The van der Waals surface area contributed by atoms with E-state index in [0.29, 0.717) is 12.0 Å². The minimum Gasteiger partial charge on any atom is -0.468 e. The number of carbonyl (C=O) groups is 2. The molecular weight excluding hydrogens is 464 g/mol. The molecule has 2 fully saturated rings. The van der Waals surface area contributed by atoms with E-state index in [4.69, 9.17) is 4.74 Å². The summed E-state index contributed by atoms with van der Waals surface area (Å²) in [6.07, 6.45) is 5.33. The van der Waals surface area contributed by atoms with Gasteiger partial charge in [0.25, 0.3) is 0 Å². The summed E-state index contributed by atoms with van der Waals surface area (Å²) < 4.78 is 6.66. The molecule has 0 spiro atoms. The fraction of sp³-hybridized carbons (Fsp3) is 0.579. The van der Waals surface area contributed by atoms with Gasteiger partial charge in [-0.2, -0.15) is 0 Å². The van der Waals surface area contributed by atoms with Crippen LogP contribution in [0.4, 0.5) is 5.69 Å². The lowest BCUT2D eigenvalue weighted by Crippen LogP contribution is -2.46. The fourth-order valence-electron chi connectivity index (χ4n) is 4.31. The van der Waals surface area contributed by atoms with Crippen LogP contribution in [0.3, 0.4) is 0 Å². The van der Waals surface area contributed by atoms with E-state index in [9.17, 15) is 9.59 Å². The number of nitrogens with zero attached hydrogens (tertiary/aromatic N) is 1. The largest absolute Gasteiger partial charge is 0.468 e. The van der Waals surface area contributed by atoms with Crippen LogP contribution in [0, 0.1) is 12.8 Å². The average Bonchev–Trinajstić information content (AvgIpc) is 2.96. The van der Waals surface area contributed by atoms with E-state index in [1.54, 1.807) is 0 Å². The molecule has 1 aromatic carbocycles. The summed E-state index contributed by atoms with van der Waals surface area (Å²) in [7, 11) is 1.42. The van der Waals surface area contributed by atoms with Gasteiger partial charge in [-0.1, -0.05) is 12.8 Å². The molecule has 1 N–H and O–H groups in total. The highest BCUT2D eigenvalue weighted by Gasteiger charge is 2.46. The molecule has 0 radical (unpaired) electrons. The zero-order valence-electron chi connectivity index (χ0n) is 15.1.